The number of benzene rings is 2. The van der Waals surface area contributed by atoms with Gasteiger partial charge < -0.3 is 4.74 Å². The van der Waals surface area contributed by atoms with Crippen molar-refractivity contribution in [3.8, 4) is 5.75 Å². The molecule has 1 heterocycles. The van der Waals surface area contributed by atoms with E-state index in [4.69, 9.17) is 4.74 Å². The smallest absolute Gasteiger partial charge is 0.166 e. The molecule has 0 N–H and O–H groups in total. The lowest BCUT2D eigenvalue weighted by atomic mass is 9.85. The van der Waals surface area contributed by atoms with Crippen molar-refractivity contribution in [3.05, 3.63) is 64.7 Å². The van der Waals surface area contributed by atoms with Crippen molar-refractivity contribution in [1.82, 2.24) is 0 Å². The van der Waals surface area contributed by atoms with Gasteiger partial charge in [-0.25, -0.2) is 4.39 Å². The van der Waals surface area contributed by atoms with Crippen molar-refractivity contribution >= 4 is 11.6 Å². The fraction of sp³-hybridized carbons (Fsp3) is 0.417. The highest BCUT2D eigenvalue weighted by Crippen LogP contribution is 2.46. The quantitative estimate of drug-likeness (QED) is 0.607. The summed E-state index contributed by atoms with van der Waals surface area (Å²) in [6.45, 7) is 3.28. The van der Waals surface area contributed by atoms with Gasteiger partial charge in [0.15, 0.2) is 11.6 Å². The number of halogens is 1. The van der Waals surface area contributed by atoms with E-state index in [2.05, 4.69) is 6.92 Å². The van der Waals surface area contributed by atoms with Crippen molar-refractivity contribution < 1.29 is 18.7 Å². The van der Waals surface area contributed by atoms with Gasteiger partial charge in [-0.3, -0.25) is 9.59 Å². The minimum atomic E-state index is -0.686. The second-order valence-electron chi connectivity index (χ2n) is 8.02. The van der Waals surface area contributed by atoms with Gasteiger partial charge in [0, 0.05) is 24.0 Å². The highest BCUT2D eigenvalue weighted by atomic mass is 19.1. The molecule has 2 aromatic rings. The Hall–Kier alpha value is -2.49. The predicted molar refractivity (Wildman–Crippen MR) is 106 cm³/mol. The van der Waals surface area contributed by atoms with Gasteiger partial charge in [0.1, 0.15) is 18.5 Å². The molecule has 3 nitrogen and oxygen atoms in total. The van der Waals surface area contributed by atoms with E-state index in [-0.39, 0.29) is 17.5 Å². The molecule has 1 saturated carbocycles. The van der Waals surface area contributed by atoms with Crippen LogP contribution in [-0.4, -0.2) is 24.3 Å². The SMILES string of the molecule is CCC(=O)c1cc(C(=O)C[C@H]2C[C@@H]2C)cc2c1O[C@H](CF)[C@H]2c1ccccc1. The predicted octanol–water partition coefficient (Wildman–Crippen LogP) is 5.37. The number of hydrogen-bond acceptors (Lipinski definition) is 3. The Morgan fingerprint density at radius 2 is 1.86 bits per heavy atom. The summed E-state index contributed by atoms with van der Waals surface area (Å²) in [4.78, 5) is 25.5. The van der Waals surface area contributed by atoms with E-state index in [9.17, 15) is 14.0 Å². The first-order valence-electron chi connectivity index (χ1n) is 10.0. The maximum atomic E-state index is 13.8. The Morgan fingerprint density at radius 3 is 2.46 bits per heavy atom. The summed E-state index contributed by atoms with van der Waals surface area (Å²) in [7, 11) is 0. The summed E-state index contributed by atoms with van der Waals surface area (Å²) in [6.07, 6.45) is 1.21. The molecule has 146 valence electrons. The number of Topliss-reactive ketones (excluding diaryl/α,β-unsaturated/α-hetero) is 2. The van der Waals surface area contributed by atoms with Crippen LogP contribution in [0.1, 0.15) is 70.9 Å². The molecular weight excluding hydrogens is 355 g/mol. The second kappa shape index (κ2) is 7.50. The summed E-state index contributed by atoms with van der Waals surface area (Å²) >= 11 is 0. The standard InChI is InChI=1S/C24H25FO3/c1-3-20(26)18-10-17(21(27)12-16-9-14(16)2)11-19-23(15-7-5-4-6-8-15)22(13-25)28-24(18)19/h4-8,10-11,14,16,22-23H,3,9,12-13H2,1-2H3/t14-,16+,22+,23-/m0/s1. The third-order valence-corrected chi connectivity index (χ3v) is 6.07. The zero-order valence-corrected chi connectivity index (χ0v) is 16.3. The van der Waals surface area contributed by atoms with Gasteiger partial charge in [-0.2, -0.15) is 0 Å². The molecule has 4 rings (SSSR count). The van der Waals surface area contributed by atoms with Crippen LogP contribution in [-0.2, 0) is 0 Å². The van der Waals surface area contributed by atoms with Gasteiger partial charge in [-0.05, 0) is 36.0 Å². The van der Waals surface area contributed by atoms with Crippen molar-refractivity contribution in [2.45, 2.75) is 45.1 Å². The maximum absolute atomic E-state index is 13.8. The largest absolute Gasteiger partial charge is 0.486 e. The molecule has 0 radical (unpaired) electrons. The molecule has 0 spiro atoms. The number of fused-ring (bicyclic) bond motifs is 1. The molecule has 1 aliphatic heterocycles. The Morgan fingerprint density at radius 1 is 1.14 bits per heavy atom. The zero-order valence-electron chi connectivity index (χ0n) is 16.3. The van der Waals surface area contributed by atoms with E-state index in [0.29, 0.717) is 41.6 Å². The van der Waals surface area contributed by atoms with Gasteiger partial charge in [0.05, 0.1) is 11.5 Å². The van der Waals surface area contributed by atoms with E-state index in [1.54, 1.807) is 13.0 Å². The second-order valence-corrected chi connectivity index (χ2v) is 8.02. The van der Waals surface area contributed by atoms with E-state index < -0.39 is 12.8 Å². The Labute approximate surface area is 164 Å². The third-order valence-electron chi connectivity index (χ3n) is 6.07. The number of carbonyl (C=O) groups excluding carboxylic acids is 2. The number of ketones is 2. The zero-order chi connectivity index (χ0) is 19.8. The normalized spacial score (nSPS) is 25.1. The lowest BCUT2D eigenvalue weighted by Crippen LogP contribution is -2.22. The summed E-state index contributed by atoms with van der Waals surface area (Å²) in [6, 6.07) is 13.1. The van der Waals surface area contributed by atoms with Crippen LogP contribution in [0.3, 0.4) is 0 Å². The maximum Gasteiger partial charge on any atom is 0.166 e. The number of alkyl halides is 1. The minimum Gasteiger partial charge on any atom is -0.486 e. The highest BCUT2D eigenvalue weighted by Gasteiger charge is 2.40. The fourth-order valence-corrected chi connectivity index (χ4v) is 4.21. The van der Waals surface area contributed by atoms with Crippen LogP contribution in [0.25, 0.3) is 0 Å². The van der Waals surface area contributed by atoms with Crippen LogP contribution in [0.5, 0.6) is 5.75 Å². The van der Waals surface area contributed by atoms with Crippen LogP contribution < -0.4 is 4.74 Å². The molecule has 4 heteroatoms. The van der Waals surface area contributed by atoms with Gasteiger partial charge in [0.25, 0.3) is 0 Å². The van der Waals surface area contributed by atoms with E-state index in [1.807, 2.05) is 36.4 Å². The molecule has 0 bridgehead atoms. The van der Waals surface area contributed by atoms with Crippen LogP contribution in [0, 0.1) is 11.8 Å². The Kier molecular flexibility index (Phi) is 5.05. The van der Waals surface area contributed by atoms with Gasteiger partial charge >= 0.3 is 0 Å². The first-order chi connectivity index (χ1) is 13.5. The Balaban J connectivity index is 1.80. The van der Waals surface area contributed by atoms with Gasteiger partial charge in [0.2, 0.25) is 0 Å². The average molecular weight is 380 g/mol. The monoisotopic (exact) mass is 380 g/mol. The van der Waals surface area contributed by atoms with Crippen LogP contribution in [0.4, 0.5) is 4.39 Å². The summed E-state index contributed by atoms with van der Waals surface area (Å²) in [5.41, 5.74) is 2.63. The number of ether oxygens (including phenoxy) is 1. The van der Waals surface area contributed by atoms with E-state index in [1.165, 1.54) is 0 Å². The van der Waals surface area contributed by atoms with E-state index in [0.717, 1.165) is 17.5 Å². The summed E-state index contributed by atoms with van der Waals surface area (Å²) < 4.78 is 19.7. The molecule has 0 saturated heterocycles. The van der Waals surface area contributed by atoms with Gasteiger partial charge in [-0.15, -0.1) is 0 Å². The van der Waals surface area contributed by atoms with Crippen molar-refractivity contribution in [1.29, 1.82) is 0 Å². The lowest BCUT2D eigenvalue weighted by Gasteiger charge is -2.16. The van der Waals surface area contributed by atoms with Crippen LogP contribution in [0.15, 0.2) is 42.5 Å². The minimum absolute atomic E-state index is 0.0535. The fourth-order valence-electron chi connectivity index (χ4n) is 4.21. The molecule has 1 aliphatic carbocycles. The number of rotatable bonds is 7. The first-order valence-corrected chi connectivity index (χ1v) is 10.0. The van der Waals surface area contributed by atoms with Crippen molar-refractivity contribution in [2.24, 2.45) is 11.8 Å². The molecule has 2 aliphatic rings. The third kappa shape index (κ3) is 3.36. The van der Waals surface area contributed by atoms with Crippen molar-refractivity contribution in [2.75, 3.05) is 6.67 Å². The van der Waals surface area contributed by atoms with Gasteiger partial charge in [-0.1, -0.05) is 44.2 Å². The molecular formula is C24H25FO3. The Bertz CT molecular complexity index is 906. The van der Waals surface area contributed by atoms with Crippen molar-refractivity contribution in [3.63, 3.8) is 0 Å². The summed E-state index contributed by atoms with van der Waals surface area (Å²) in [5.74, 6) is 1.11. The number of hydrogen-bond donors (Lipinski definition) is 0. The first kappa shape index (κ1) is 18.9. The molecule has 2 aromatic carbocycles. The molecule has 1 fully saturated rings. The molecule has 4 atom stereocenters. The molecule has 0 unspecified atom stereocenters. The average Bonchev–Trinajstić information content (AvgIpc) is 3.27. The molecule has 0 aromatic heterocycles. The summed E-state index contributed by atoms with van der Waals surface area (Å²) in [5, 5.41) is 0. The lowest BCUT2D eigenvalue weighted by molar-refractivity contribution is 0.0974. The highest BCUT2D eigenvalue weighted by molar-refractivity contribution is 6.04. The number of carbonyl (C=O) groups is 2. The molecule has 0 amide bonds. The van der Waals surface area contributed by atoms with E-state index >= 15 is 0 Å². The van der Waals surface area contributed by atoms with Crippen LogP contribution >= 0.6 is 0 Å². The van der Waals surface area contributed by atoms with Crippen LogP contribution in [0.2, 0.25) is 0 Å². The topological polar surface area (TPSA) is 43.4 Å². The molecule has 28 heavy (non-hydrogen) atoms.